The molecule has 0 radical (unpaired) electrons. The summed E-state index contributed by atoms with van der Waals surface area (Å²) in [5, 5.41) is 12.8. The molecule has 20 heavy (non-hydrogen) atoms. The first kappa shape index (κ1) is 12.6. The summed E-state index contributed by atoms with van der Waals surface area (Å²) >= 11 is 6.16. The molecule has 0 atom stereocenters. The second-order valence-electron chi connectivity index (χ2n) is 4.27. The summed E-state index contributed by atoms with van der Waals surface area (Å²) < 4.78 is 0. The number of hydrogen-bond acceptors (Lipinski definition) is 3. The zero-order valence-electron chi connectivity index (χ0n) is 10.3. The van der Waals surface area contributed by atoms with Crippen molar-refractivity contribution in [1.82, 2.24) is 4.98 Å². The van der Waals surface area contributed by atoms with E-state index in [9.17, 15) is 10.1 Å². The maximum Gasteiger partial charge on any atom is 0.303 e. The zero-order chi connectivity index (χ0) is 14.1. The summed E-state index contributed by atoms with van der Waals surface area (Å²) in [4.78, 5) is 15.3. The van der Waals surface area contributed by atoms with Gasteiger partial charge >= 0.3 is 5.69 Å². The Kier molecular flexibility index (Phi) is 3.08. The molecule has 98 valence electrons. The van der Waals surface area contributed by atoms with E-state index >= 15 is 0 Å². The zero-order valence-corrected chi connectivity index (χ0v) is 11.0. The molecule has 1 heterocycles. The van der Waals surface area contributed by atoms with Gasteiger partial charge in [0.1, 0.15) is 5.15 Å². The van der Waals surface area contributed by atoms with Gasteiger partial charge in [-0.25, -0.2) is 4.98 Å². The molecule has 5 heteroatoms. The number of fused-ring (bicyclic) bond motifs is 1. The van der Waals surface area contributed by atoms with Crippen molar-refractivity contribution in [3.8, 4) is 11.3 Å². The van der Waals surface area contributed by atoms with E-state index in [1.807, 2.05) is 18.2 Å². The molecule has 3 rings (SSSR count). The van der Waals surface area contributed by atoms with Crippen LogP contribution in [-0.2, 0) is 0 Å². The Hall–Kier alpha value is -2.46. The molecule has 0 amide bonds. The van der Waals surface area contributed by atoms with E-state index in [0.29, 0.717) is 22.0 Å². The normalized spacial score (nSPS) is 10.7. The van der Waals surface area contributed by atoms with E-state index in [-0.39, 0.29) is 10.8 Å². The molecular formula is C15H9ClN2O2. The third-order valence-corrected chi connectivity index (χ3v) is 3.36. The summed E-state index contributed by atoms with van der Waals surface area (Å²) in [5.74, 6) is 0. The topological polar surface area (TPSA) is 56.0 Å². The highest BCUT2D eigenvalue weighted by atomic mass is 35.5. The van der Waals surface area contributed by atoms with Crippen LogP contribution in [0.1, 0.15) is 0 Å². The first-order chi connectivity index (χ1) is 9.68. The van der Waals surface area contributed by atoms with Gasteiger partial charge in [0.05, 0.1) is 10.3 Å². The van der Waals surface area contributed by atoms with Gasteiger partial charge in [-0.3, -0.25) is 10.1 Å². The molecule has 3 aromatic rings. The summed E-state index contributed by atoms with van der Waals surface area (Å²) in [5.41, 5.74) is 0.947. The van der Waals surface area contributed by atoms with E-state index in [1.165, 1.54) is 0 Å². The number of hydrogen-bond donors (Lipinski definition) is 0. The number of halogens is 1. The van der Waals surface area contributed by atoms with Crippen molar-refractivity contribution in [2.45, 2.75) is 0 Å². The monoisotopic (exact) mass is 284 g/mol. The number of nitro groups is 1. The van der Waals surface area contributed by atoms with Crippen LogP contribution in [0.3, 0.4) is 0 Å². The molecule has 0 aliphatic rings. The molecule has 0 spiro atoms. The van der Waals surface area contributed by atoms with Crippen LogP contribution in [0.25, 0.3) is 22.0 Å². The van der Waals surface area contributed by atoms with Crippen LogP contribution in [0.15, 0.2) is 54.6 Å². The lowest BCUT2D eigenvalue weighted by molar-refractivity contribution is -0.382. The smallest absolute Gasteiger partial charge is 0.258 e. The fourth-order valence-electron chi connectivity index (χ4n) is 2.19. The Morgan fingerprint density at radius 1 is 0.950 bits per heavy atom. The van der Waals surface area contributed by atoms with E-state index < -0.39 is 4.92 Å². The lowest BCUT2D eigenvalue weighted by atomic mass is 10.0. The summed E-state index contributed by atoms with van der Waals surface area (Å²) in [6.45, 7) is 0. The van der Waals surface area contributed by atoms with Gasteiger partial charge in [-0.05, 0) is 6.07 Å². The van der Waals surface area contributed by atoms with Crippen molar-refractivity contribution in [2.24, 2.45) is 0 Å². The standard InChI is InChI=1S/C15H9ClN2O2/c16-15-12-9-5-4-8-11(12)14(18(19)20)13(17-15)10-6-2-1-3-7-10/h1-9H. The lowest BCUT2D eigenvalue weighted by Crippen LogP contribution is -1.97. The molecule has 0 saturated heterocycles. The molecule has 0 aliphatic heterocycles. The molecular weight excluding hydrogens is 276 g/mol. The quantitative estimate of drug-likeness (QED) is 0.396. The molecule has 2 aromatic carbocycles. The van der Waals surface area contributed by atoms with Crippen LogP contribution in [-0.4, -0.2) is 9.91 Å². The summed E-state index contributed by atoms with van der Waals surface area (Å²) in [6.07, 6.45) is 0. The van der Waals surface area contributed by atoms with E-state index in [0.717, 1.165) is 0 Å². The fourth-order valence-corrected chi connectivity index (χ4v) is 2.44. The third kappa shape index (κ3) is 2.00. The Balaban J connectivity index is 2.43. The lowest BCUT2D eigenvalue weighted by Gasteiger charge is -2.07. The number of rotatable bonds is 2. The van der Waals surface area contributed by atoms with Crippen molar-refractivity contribution in [2.75, 3.05) is 0 Å². The van der Waals surface area contributed by atoms with Gasteiger partial charge in [-0.15, -0.1) is 0 Å². The van der Waals surface area contributed by atoms with Gasteiger partial charge in [0, 0.05) is 10.9 Å². The molecule has 4 nitrogen and oxygen atoms in total. The largest absolute Gasteiger partial charge is 0.303 e. The highest BCUT2D eigenvalue weighted by Gasteiger charge is 2.23. The average molecular weight is 285 g/mol. The number of nitrogens with zero attached hydrogens (tertiary/aromatic N) is 2. The second kappa shape index (κ2) is 4.90. The minimum atomic E-state index is -0.409. The second-order valence-corrected chi connectivity index (χ2v) is 4.63. The summed E-state index contributed by atoms with van der Waals surface area (Å²) in [7, 11) is 0. The molecule has 0 N–H and O–H groups in total. The van der Waals surface area contributed by atoms with Crippen LogP contribution in [0.2, 0.25) is 5.15 Å². The van der Waals surface area contributed by atoms with Crippen molar-refractivity contribution < 1.29 is 4.92 Å². The van der Waals surface area contributed by atoms with Crippen molar-refractivity contribution in [3.63, 3.8) is 0 Å². The SMILES string of the molecule is O=[N+]([O-])c1c(-c2ccccc2)nc(Cl)c2ccccc12. The van der Waals surface area contributed by atoms with Gasteiger partial charge in [0.2, 0.25) is 0 Å². The minimum Gasteiger partial charge on any atom is -0.258 e. The van der Waals surface area contributed by atoms with Crippen molar-refractivity contribution >= 4 is 28.1 Å². The van der Waals surface area contributed by atoms with Crippen LogP contribution in [0.5, 0.6) is 0 Å². The summed E-state index contributed by atoms with van der Waals surface area (Å²) in [6, 6.07) is 16.0. The first-order valence-electron chi connectivity index (χ1n) is 5.96. The number of pyridine rings is 1. The maximum atomic E-state index is 11.4. The molecule has 0 fully saturated rings. The Morgan fingerprint density at radius 3 is 2.20 bits per heavy atom. The van der Waals surface area contributed by atoms with Crippen LogP contribution < -0.4 is 0 Å². The average Bonchev–Trinajstić information content (AvgIpc) is 2.47. The predicted octanol–water partition coefficient (Wildman–Crippen LogP) is 4.46. The number of benzene rings is 2. The Labute approximate surface area is 119 Å². The van der Waals surface area contributed by atoms with E-state index in [2.05, 4.69) is 4.98 Å². The maximum absolute atomic E-state index is 11.4. The Bertz CT molecular complexity index is 804. The molecule has 0 bridgehead atoms. The predicted molar refractivity (Wildman–Crippen MR) is 78.8 cm³/mol. The molecule has 1 aromatic heterocycles. The molecule has 0 unspecified atom stereocenters. The van der Waals surface area contributed by atoms with Gasteiger partial charge in [-0.2, -0.15) is 0 Å². The van der Waals surface area contributed by atoms with Gasteiger partial charge in [-0.1, -0.05) is 60.1 Å². The number of aromatic nitrogens is 1. The van der Waals surface area contributed by atoms with E-state index in [1.54, 1.807) is 36.4 Å². The van der Waals surface area contributed by atoms with E-state index in [4.69, 9.17) is 11.6 Å². The van der Waals surface area contributed by atoms with Crippen molar-refractivity contribution in [3.05, 3.63) is 69.9 Å². The van der Waals surface area contributed by atoms with Gasteiger partial charge in [0.25, 0.3) is 0 Å². The van der Waals surface area contributed by atoms with Gasteiger partial charge < -0.3 is 0 Å². The highest BCUT2D eigenvalue weighted by Crippen LogP contribution is 2.37. The van der Waals surface area contributed by atoms with Gasteiger partial charge in [0.15, 0.2) is 5.69 Å². The third-order valence-electron chi connectivity index (χ3n) is 3.07. The molecule has 0 aliphatic carbocycles. The first-order valence-corrected chi connectivity index (χ1v) is 6.34. The highest BCUT2D eigenvalue weighted by molar-refractivity contribution is 6.35. The fraction of sp³-hybridized carbons (Fsp3) is 0. The van der Waals surface area contributed by atoms with Crippen LogP contribution in [0.4, 0.5) is 5.69 Å². The van der Waals surface area contributed by atoms with Crippen LogP contribution in [0, 0.1) is 10.1 Å². The molecule has 0 saturated carbocycles. The minimum absolute atomic E-state index is 0.0174. The van der Waals surface area contributed by atoms with Crippen LogP contribution >= 0.6 is 11.6 Å². The Morgan fingerprint density at radius 2 is 1.55 bits per heavy atom. The van der Waals surface area contributed by atoms with Crippen molar-refractivity contribution in [1.29, 1.82) is 0 Å².